The zero-order chi connectivity index (χ0) is 35.6. The second-order valence-corrected chi connectivity index (χ2v) is 14.0. The van der Waals surface area contributed by atoms with Crippen molar-refractivity contribution in [3.05, 3.63) is 200 Å². The van der Waals surface area contributed by atoms with E-state index < -0.39 is 0 Å². The van der Waals surface area contributed by atoms with Crippen LogP contribution in [-0.4, -0.2) is 0 Å². The van der Waals surface area contributed by atoms with Crippen molar-refractivity contribution in [1.82, 2.24) is 0 Å². The summed E-state index contributed by atoms with van der Waals surface area (Å²) >= 11 is 0. The number of fused-ring (bicyclic) bond motifs is 11. The SMILES string of the molecule is c1ccc(-c2ccc(N(c3ccc4c5ccccc5c5ccccc5c4c3)c3cccc4c3oc3cc(-c5ccccc5)c5ccccc5c34)cc2)cc1. The number of para-hydroxylation sites is 1. The Bertz CT molecular complexity index is 3160. The Kier molecular flexibility index (Phi) is 6.90. The van der Waals surface area contributed by atoms with E-state index in [-0.39, 0.29) is 0 Å². The second kappa shape index (κ2) is 12.2. The summed E-state index contributed by atoms with van der Waals surface area (Å²) in [5.41, 5.74) is 9.57. The van der Waals surface area contributed by atoms with Gasteiger partial charge >= 0.3 is 0 Å². The van der Waals surface area contributed by atoms with Gasteiger partial charge in [0.25, 0.3) is 0 Å². The normalized spacial score (nSPS) is 11.7. The summed E-state index contributed by atoms with van der Waals surface area (Å²) in [5.74, 6) is 0. The molecular formula is C52H33NO. The van der Waals surface area contributed by atoms with Crippen molar-refractivity contribution in [2.75, 3.05) is 4.90 Å². The van der Waals surface area contributed by atoms with E-state index in [2.05, 4.69) is 205 Å². The molecule has 0 fully saturated rings. The van der Waals surface area contributed by atoms with Crippen LogP contribution in [0, 0.1) is 0 Å². The largest absolute Gasteiger partial charge is 0.454 e. The summed E-state index contributed by atoms with van der Waals surface area (Å²) in [6.45, 7) is 0. The molecule has 2 heteroatoms. The molecule has 11 rings (SSSR count). The zero-order valence-corrected chi connectivity index (χ0v) is 29.4. The standard InChI is InChI=1S/C52H33NO/c1-3-14-34(15-4-1)35-26-28-37(29-27-35)53(38-30-31-44-41-20-8-7-18-39(41)40-19-9-10-21-42(40)48(44)32-38)49-25-13-24-46-51-45-23-12-11-22-43(45)47(33-50(51)54-52(46)49)36-16-5-2-6-17-36/h1-33H. The van der Waals surface area contributed by atoms with E-state index in [0.717, 1.165) is 39.0 Å². The third kappa shape index (κ3) is 4.74. The van der Waals surface area contributed by atoms with Crippen LogP contribution in [0.5, 0.6) is 0 Å². The number of anilines is 3. The summed E-state index contributed by atoms with van der Waals surface area (Å²) < 4.78 is 7.04. The van der Waals surface area contributed by atoms with Gasteiger partial charge < -0.3 is 9.32 Å². The van der Waals surface area contributed by atoms with Gasteiger partial charge in [0.2, 0.25) is 0 Å². The highest BCUT2D eigenvalue weighted by Gasteiger charge is 2.22. The molecule has 252 valence electrons. The molecule has 2 nitrogen and oxygen atoms in total. The molecule has 11 aromatic rings. The summed E-state index contributed by atoms with van der Waals surface area (Å²) in [4.78, 5) is 2.36. The van der Waals surface area contributed by atoms with Crippen molar-refractivity contribution in [3.63, 3.8) is 0 Å². The van der Waals surface area contributed by atoms with Crippen LogP contribution in [0.15, 0.2) is 205 Å². The predicted octanol–water partition coefficient (Wildman–Crippen LogP) is 15.0. The molecule has 0 N–H and O–H groups in total. The van der Waals surface area contributed by atoms with E-state index in [0.29, 0.717) is 0 Å². The Labute approximate surface area is 312 Å². The van der Waals surface area contributed by atoms with Gasteiger partial charge in [-0.15, -0.1) is 0 Å². The van der Waals surface area contributed by atoms with Crippen LogP contribution in [0.1, 0.15) is 0 Å². The fourth-order valence-electron chi connectivity index (χ4n) is 8.58. The highest BCUT2D eigenvalue weighted by molar-refractivity contribution is 6.26. The van der Waals surface area contributed by atoms with Crippen LogP contribution in [0.2, 0.25) is 0 Å². The van der Waals surface area contributed by atoms with Crippen LogP contribution in [-0.2, 0) is 0 Å². The number of hydrogen-bond donors (Lipinski definition) is 0. The lowest BCUT2D eigenvalue weighted by molar-refractivity contribution is 0.669. The highest BCUT2D eigenvalue weighted by Crippen LogP contribution is 2.47. The van der Waals surface area contributed by atoms with Gasteiger partial charge in [0, 0.05) is 22.1 Å². The molecule has 0 saturated carbocycles. The fraction of sp³-hybridized carbons (Fsp3) is 0. The Morgan fingerprint density at radius 3 is 1.48 bits per heavy atom. The van der Waals surface area contributed by atoms with Crippen molar-refractivity contribution in [3.8, 4) is 22.3 Å². The lowest BCUT2D eigenvalue weighted by Gasteiger charge is -2.26. The van der Waals surface area contributed by atoms with Gasteiger partial charge in [-0.25, -0.2) is 0 Å². The lowest BCUT2D eigenvalue weighted by Crippen LogP contribution is -2.10. The van der Waals surface area contributed by atoms with Crippen molar-refractivity contribution >= 4 is 82.1 Å². The maximum atomic E-state index is 7.04. The molecule has 0 aliphatic rings. The lowest BCUT2D eigenvalue weighted by atomic mass is 9.94. The summed E-state index contributed by atoms with van der Waals surface area (Å²) in [7, 11) is 0. The topological polar surface area (TPSA) is 16.4 Å². The average Bonchev–Trinajstić information content (AvgIpc) is 3.64. The molecule has 1 heterocycles. The Morgan fingerprint density at radius 2 is 0.815 bits per heavy atom. The van der Waals surface area contributed by atoms with Gasteiger partial charge in [-0.2, -0.15) is 0 Å². The Hall–Kier alpha value is -7.16. The minimum absolute atomic E-state index is 0.860. The molecule has 0 aliphatic carbocycles. The summed E-state index contributed by atoms with van der Waals surface area (Å²) in [5, 5.41) is 12.1. The molecule has 54 heavy (non-hydrogen) atoms. The number of benzene rings is 10. The number of rotatable bonds is 5. The van der Waals surface area contributed by atoms with Gasteiger partial charge in [-0.05, 0) is 102 Å². The summed E-state index contributed by atoms with van der Waals surface area (Å²) in [6.07, 6.45) is 0. The molecule has 1 aromatic heterocycles. The van der Waals surface area contributed by atoms with Gasteiger partial charge in [-0.3, -0.25) is 0 Å². The molecule has 0 bridgehead atoms. The molecule has 10 aromatic carbocycles. The fourth-order valence-corrected chi connectivity index (χ4v) is 8.58. The molecule has 0 saturated heterocycles. The molecule has 0 amide bonds. The van der Waals surface area contributed by atoms with E-state index in [1.54, 1.807) is 0 Å². The van der Waals surface area contributed by atoms with E-state index in [1.165, 1.54) is 65.3 Å². The first kappa shape index (κ1) is 30.5. The molecule has 0 aliphatic heterocycles. The van der Waals surface area contributed by atoms with Crippen LogP contribution < -0.4 is 4.90 Å². The van der Waals surface area contributed by atoms with Crippen LogP contribution in [0.25, 0.3) is 87.3 Å². The van der Waals surface area contributed by atoms with Crippen molar-refractivity contribution in [2.45, 2.75) is 0 Å². The first-order valence-electron chi connectivity index (χ1n) is 18.5. The second-order valence-electron chi connectivity index (χ2n) is 14.0. The Balaban J connectivity index is 1.19. The van der Waals surface area contributed by atoms with Gasteiger partial charge in [0.15, 0.2) is 5.58 Å². The molecule has 0 radical (unpaired) electrons. The summed E-state index contributed by atoms with van der Waals surface area (Å²) in [6, 6.07) is 72.0. The van der Waals surface area contributed by atoms with Crippen molar-refractivity contribution in [2.24, 2.45) is 0 Å². The van der Waals surface area contributed by atoms with Crippen LogP contribution in [0.3, 0.4) is 0 Å². The maximum absolute atomic E-state index is 7.04. The molecule has 0 unspecified atom stereocenters. The number of hydrogen-bond acceptors (Lipinski definition) is 2. The van der Waals surface area contributed by atoms with E-state index in [4.69, 9.17) is 4.42 Å². The first-order chi connectivity index (χ1) is 26.8. The predicted molar refractivity (Wildman–Crippen MR) is 229 cm³/mol. The van der Waals surface area contributed by atoms with Crippen LogP contribution in [0.4, 0.5) is 17.1 Å². The van der Waals surface area contributed by atoms with Gasteiger partial charge in [0.1, 0.15) is 5.58 Å². The van der Waals surface area contributed by atoms with E-state index >= 15 is 0 Å². The third-order valence-corrected chi connectivity index (χ3v) is 11.0. The van der Waals surface area contributed by atoms with Crippen molar-refractivity contribution < 1.29 is 4.42 Å². The maximum Gasteiger partial charge on any atom is 0.159 e. The molecule has 0 atom stereocenters. The van der Waals surface area contributed by atoms with Crippen LogP contribution >= 0.6 is 0 Å². The number of nitrogens with zero attached hydrogens (tertiary/aromatic N) is 1. The Morgan fingerprint density at radius 1 is 0.315 bits per heavy atom. The number of furan rings is 1. The monoisotopic (exact) mass is 687 g/mol. The molecule has 0 spiro atoms. The molecular weight excluding hydrogens is 655 g/mol. The third-order valence-electron chi connectivity index (χ3n) is 11.0. The minimum Gasteiger partial charge on any atom is -0.454 e. The smallest absolute Gasteiger partial charge is 0.159 e. The zero-order valence-electron chi connectivity index (χ0n) is 29.4. The highest BCUT2D eigenvalue weighted by atomic mass is 16.3. The van der Waals surface area contributed by atoms with Crippen molar-refractivity contribution in [1.29, 1.82) is 0 Å². The quantitative estimate of drug-likeness (QED) is 0.168. The first-order valence-corrected chi connectivity index (χ1v) is 18.5. The van der Waals surface area contributed by atoms with Gasteiger partial charge in [0.05, 0.1) is 5.69 Å². The average molecular weight is 688 g/mol. The minimum atomic E-state index is 0.860. The van der Waals surface area contributed by atoms with E-state index in [1.807, 2.05) is 0 Å². The van der Waals surface area contributed by atoms with Gasteiger partial charge in [-0.1, -0.05) is 164 Å². The van der Waals surface area contributed by atoms with E-state index in [9.17, 15) is 0 Å².